The lowest BCUT2D eigenvalue weighted by atomic mass is 10.1. The van der Waals surface area contributed by atoms with Gasteiger partial charge in [-0.2, -0.15) is 13.2 Å². The summed E-state index contributed by atoms with van der Waals surface area (Å²) in [5, 5.41) is 2.75. The molecule has 7 heteroatoms. The second kappa shape index (κ2) is 6.34. The third kappa shape index (κ3) is 4.63. The van der Waals surface area contributed by atoms with Crippen LogP contribution in [0.2, 0.25) is 0 Å². The van der Waals surface area contributed by atoms with Gasteiger partial charge in [-0.25, -0.2) is 0 Å². The molecule has 1 aliphatic carbocycles. The quantitative estimate of drug-likeness (QED) is 0.847. The lowest BCUT2D eigenvalue weighted by Gasteiger charge is -2.15. The molecule has 0 heterocycles. The number of ether oxygens (including phenoxy) is 1. The van der Waals surface area contributed by atoms with Gasteiger partial charge >= 0.3 is 6.18 Å². The Hall–Kier alpha value is -1.76. The number of alkyl halides is 3. The Kier molecular flexibility index (Phi) is 4.72. The summed E-state index contributed by atoms with van der Waals surface area (Å²) in [4.78, 5) is 11.4. The Bertz CT molecular complexity index is 513. The zero-order valence-electron chi connectivity index (χ0n) is 11.4. The third-order valence-corrected chi connectivity index (χ3v) is 3.11. The van der Waals surface area contributed by atoms with Crippen LogP contribution in [-0.4, -0.2) is 18.6 Å². The number of hydrogen-bond donors (Lipinski definition) is 2. The van der Waals surface area contributed by atoms with Crippen molar-refractivity contribution in [3.63, 3.8) is 0 Å². The van der Waals surface area contributed by atoms with Gasteiger partial charge in [0.1, 0.15) is 5.75 Å². The molecule has 2 rings (SSSR count). The first-order valence-corrected chi connectivity index (χ1v) is 6.72. The van der Waals surface area contributed by atoms with Crippen LogP contribution in [0.5, 0.6) is 5.75 Å². The lowest BCUT2D eigenvalue weighted by Crippen LogP contribution is -2.26. The molecule has 3 N–H and O–H groups in total. The molecule has 21 heavy (non-hydrogen) atoms. The highest BCUT2D eigenvalue weighted by Gasteiger charge is 2.34. The number of benzene rings is 1. The number of nitrogens with one attached hydrogen (secondary N) is 1. The predicted molar refractivity (Wildman–Crippen MR) is 70.6 cm³/mol. The van der Waals surface area contributed by atoms with E-state index in [9.17, 15) is 18.0 Å². The van der Waals surface area contributed by atoms with Crippen LogP contribution in [0.4, 0.5) is 13.2 Å². The van der Waals surface area contributed by atoms with E-state index in [-0.39, 0.29) is 37.3 Å². The number of halogens is 3. The molecule has 1 amide bonds. The van der Waals surface area contributed by atoms with Crippen molar-refractivity contribution in [3.8, 4) is 5.75 Å². The molecule has 0 spiro atoms. The van der Waals surface area contributed by atoms with E-state index in [0.717, 1.165) is 18.9 Å². The zero-order chi connectivity index (χ0) is 15.5. The average molecular weight is 302 g/mol. The molecule has 0 unspecified atom stereocenters. The molecule has 0 aliphatic heterocycles. The summed E-state index contributed by atoms with van der Waals surface area (Å²) < 4.78 is 43.9. The van der Waals surface area contributed by atoms with E-state index in [1.165, 1.54) is 12.1 Å². The SMILES string of the molecule is NCc1ccc(OCCC(=O)NC2CC2)c(C(F)(F)F)c1. The van der Waals surface area contributed by atoms with Crippen LogP contribution in [0.15, 0.2) is 18.2 Å². The summed E-state index contributed by atoms with van der Waals surface area (Å²) in [5.41, 5.74) is 4.85. The Morgan fingerprint density at radius 2 is 2.10 bits per heavy atom. The molecule has 1 aromatic carbocycles. The van der Waals surface area contributed by atoms with Crippen molar-refractivity contribution < 1.29 is 22.7 Å². The van der Waals surface area contributed by atoms with Crippen LogP contribution in [0.3, 0.4) is 0 Å². The van der Waals surface area contributed by atoms with Gasteiger partial charge in [-0.15, -0.1) is 0 Å². The van der Waals surface area contributed by atoms with Crippen molar-refractivity contribution in [3.05, 3.63) is 29.3 Å². The summed E-state index contributed by atoms with van der Waals surface area (Å²) in [5.74, 6) is -0.483. The van der Waals surface area contributed by atoms with Crippen LogP contribution >= 0.6 is 0 Å². The molecule has 0 saturated heterocycles. The number of carbonyl (C=O) groups is 1. The molecule has 1 saturated carbocycles. The number of hydrogen-bond acceptors (Lipinski definition) is 3. The maximum atomic E-state index is 12.9. The van der Waals surface area contributed by atoms with Crippen molar-refractivity contribution in [1.29, 1.82) is 0 Å². The predicted octanol–water partition coefficient (Wildman–Crippen LogP) is 2.21. The summed E-state index contributed by atoms with van der Waals surface area (Å²) in [6.45, 7) is -0.0727. The molecule has 0 radical (unpaired) electrons. The number of rotatable bonds is 6. The van der Waals surface area contributed by atoms with E-state index in [1.807, 2.05) is 0 Å². The largest absolute Gasteiger partial charge is 0.492 e. The molecule has 4 nitrogen and oxygen atoms in total. The Balaban J connectivity index is 1.96. The van der Waals surface area contributed by atoms with E-state index in [1.54, 1.807) is 0 Å². The van der Waals surface area contributed by atoms with Crippen LogP contribution < -0.4 is 15.8 Å². The average Bonchev–Trinajstić information content (AvgIpc) is 3.21. The minimum Gasteiger partial charge on any atom is -0.492 e. The smallest absolute Gasteiger partial charge is 0.419 e. The first kappa shape index (κ1) is 15.6. The standard InChI is InChI=1S/C14H17F3N2O2/c15-14(16,17)11-7-9(8-18)1-4-12(11)21-6-5-13(20)19-10-2-3-10/h1,4,7,10H,2-3,5-6,8,18H2,(H,19,20). The molecule has 1 fully saturated rings. The lowest BCUT2D eigenvalue weighted by molar-refractivity contribution is -0.139. The van der Waals surface area contributed by atoms with E-state index in [4.69, 9.17) is 10.5 Å². The maximum Gasteiger partial charge on any atom is 0.419 e. The van der Waals surface area contributed by atoms with Gasteiger partial charge in [0.2, 0.25) is 5.91 Å². The second-order valence-corrected chi connectivity index (χ2v) is 4.97. The summed E-state index contributed by atoms with van der Waals surface area (Å²) in [6.07, 6.45) is -2.56. The van der Waals surface area contributed by atoms with E-state index >= 15 is 0 Å². The first-order chi connectivity index (χ1) is 9.90. The highest BCUT2D eigenvalue weighted by atomic mass is 19.4. The Morgan fingerprint density at radius 1 is 1.38 bits per heavy atom. The van der Waals surface area contributed by atoms with Crippen molar-refractivity contribution in [2.24, 2.45) is 5.73 Å². The fraction of sp³-hybridized carbons (Fsp3) is 0.500. The van der Waals surface area contributed by atoms with Gasteiger partial charge in [-0.3, -0.25) is 4.79 Å². The van der Waals surface area contributed by atoms with Crippen molar-refractivity contribution in [2.45, 2.75) is 38.0 Å². The molecular weight excluding hydrogens is 285 g/mol. The molecule has 0 bridgehead atoms. The van der Waals surface area contributed by atoms with E-state index in [0.29, 0.717) is 5.56 Å². The minimum absolute atomic E-state index is 0.0210. The van der Waals surface area contributed by atoms with Crippen LogP contribution in [0, 0.1) is 0 Å². The highest BCUT2D eigenvalue weighted by molar-refractivity contribution is 5.76. The zero-order valence-corrected chi connectivity index (χ0v) is 11.4. The maximum absolute atomic E-state index is 12.9. The van der Waals surface area contributed by atoms with Gasteiger partial charge in [-0.05, 0) is 30.5 Å². The van der Waals surface area contributed by atoms with Crippen LogP contribution in [-0.2, 0) is 17.5 Å². The second-order valence-electron chi connectivity index (χ2n) is 4.97. The van der Waals surface area contributed by atoms with Crippen LogP contribution in [0.25, 0.3) is 0 Å². The Morgan fingerprint density at radius 3 is 2.67 bits per heavy atom. The number of carbonyl (C=O) groups excluding carboxylic acids is 1. The third-order valence-electron chi connectivity index (χ3n) is 3.11. The summed E-state index contributed by atoms with van der Waals surface area (Å²) >= 11 is 0. The highest BCUT2D eigenvalue weighted by Crippen LogP contribution is 2.36. The minimum atomic E-state index is -4.52. The first-order valence-electron chi connectivity index (χ1n) is 6.72. The summed E-state index contributed by atoms with van der Waals surface area (Å²) in [6, 6.07) is 3.92. The van der Waals surface area contributed by atoms with Crippen LogP contribution in [0.1, 0.15) is 30.4 Å². The fourth-order valence-corrected chi connectivity index (χ4v) is 1.83. The van der Waals surface area contributed by atoms with Gasteiger partial charge in [-0.1, -0.05) is 6.07 Å². The topological polar surface area (TPSA) is 64.3 Å². The normalized spacial score (nSPS) is 14.9. The molecule has 1 aromatic rings. The molecular formula is C14H17F3N2O2. The Labute approximate surface area is 120 Å². The monoisotopic (exact) mass is 302 g/mol. The molecule has 0 atom stereocenters. The molecule has 116 valence electrons. The number of nitrogens with two attached hydrogens (primary N) is 1. The van der Waals surface area contributed by atoms with Crippen molar-refractivity contribution in [1.82, 2.24) is 5.32 Å². The van der Waals surface area contributed by atoms with Gasteiger partial charge < -0.3 is 15.8 Å². The van der Waals surface area contributed by atoms with Crippen molar-refractivity contribution in [2.75, 3.05) is 6.61 Å². The number of amides is 1. The van der Waals surface area contributed by atoms with Gasteiger partial charge in [0, 0.05) is 12.6 Å². The van der Waals surface area contributed by atoms with E-state index < -0.39 is 11.7 Å². The van der Waals surface area contributed by atoms with Crippen molar-refractivity contribution >= 4 is 5.91 Å². The van der Waals surface area contributed by atoms with E-state index in [2.05, 4.69) is 5.32 Å². The molecule has 0 aromatic heterocycles. The van der Waals surface area contributed by atoms with Gasteiger partial charge in [0.15, 0.2) is 0 Å². The molecule has 1 aliphatic rings. The van der Waals surface area contributed by atoms with Gasteiger partial charge in [0.05, 0.1) is 18.6 Å². The van der Waals surface area contributed by atoms with Gasteiger partial charge in [0.25, 0.3) is 0 Å². The summed E-state index contributed by atoms with van der Waals surface area (Å²) in [7, 11) is 0. The fourth-order valence-electron chi connectivity index (χ4n) is 1.83.